The zero-order valence-electron chi connectivity index (χ0n) is 10.1. The van der Waals surface area contributed by atoms with E-state index in [1.54, 1.807) is 13.0 Å². The molecule has 0 fully saturated rings. The third kappa shape index (κ3) is 3.37. The van der Waals surface area contributed by atoms with E-state index in [9.17, 15) is 9.59 Å². The predicted molar refractivity (Wildman–Crippen MR) is 67.4 cm³/mol. The quantitative estimate of drug-likeness (QED) is 0.670. The van der Waals surface area contributed by atoms with Crippen LogP contribution in [-0.4, -0.2) is 24.6 Å². The van der Waals surface area contributed by atoms with Gasteiger partial charge in [0, 0.05) is 5.69 Å². The van der Waals surface area contributed by atoms with Gasteiger partial charge in [0.2, 0.25) is 0 Å². The molecule has 0 saturated heterocycles. The second-order valence-electron chi connectivity index (χ2n) is 3.50. The van der Waals surface area contributed by atoms with Gasteiger partial charge in [-0.05, 0) is 26.0 Å². The van der Waals surface area contributed by atoms with Crippen molar-refractivity contribution in [3.63, 3.8) is 0 Å². The van der Waals surface area contributed by atoms with Crippen molar-refractivity contribution in [2.45, 2.75) is 20.0 Å². The number of halogens is 1. The molecular formula is C12H14ClNO4. The van der Waals surface area contributed by atoms with Crippen LogP contribution in [0.2, 0.25) is 5.02 Å². The van der Waals surface area contributed by atoms with Crippen molar-refractivity contribution in [2.75, 3.05) is 12.3 Å². The fourth-order valence-corrected chi connectivity index (χ4v) is 1.54. The topological polar surface area (TPSA) is 78.6 Å². The summed E-state index contributed by atoms with van der Waals surface area (Å²) in [5.41, 5.74) is 5.88. The molecule has 1 aromatic rings. The summed E-state index contributed by atoms with van der Waals surface area (Å²) >= 11 is 5.85. The van der Waals surface area contributed by atoms with E-state index in [1.807, 2.05) is 0 Å². The highest BCUT2D eigenvalue weighted by atomic mass is 35.5. The van der Waals surface area contributed by atoms with E-state index in [0.29, 0.717) is 0 Å². The normalized spacial score (nSPS) is 11.7. The monoisotopic (exact) mass is 271 g/mol. The number of carbonyl (C=O) groups excluding carboxylic acids is 2. The minimum atomic E-state index is -1.01. The number of benzene rings is 1. The van der Waals surface area contributed by atoms with Crippen LogP contribution in [0.5, 0.6) is 0 Å². The third-order valence-corrected chi connectivity index (χ3v) is 2.47. The van der Waals surface area contributed by atoms with Gasteiger partial charge in [0.1, 0.15) is 5.56 Å². The highest BCUT2D eigenvalue weighted by Crippen LogP contribution is 2.23. The Labute approximate surface area is 110 Å². The van der Waals surface area contributed by atoms with E-state index in [4.69, 9.17) is 26.8 Å². The Morgan fingerprint density at radius 1 is 1.44 bits per heavy atom. The van der Waals surface area contributed by atoms with Gasteiger partial charge in [-0.1, -0.05) is 17.7 Å². The number of nitrogens with two attached hydrogens (primary N) is 1. The summed E-state index contributed by atoms with van der Waals surface area (Å²) in [5, 5.41) is 0.177. The number of rotatable bonds is 4. The standard InChI is InChI=1S/C12H14ClNO4/c1-3-17-11(15)7(2)18-12(16)10-8(13)5-4-6-9(10)14/h4-7H,3,14H2,1-2H3. The van der Waals surface area contributed by atoms with Crippen molar-refractivity contribution < 1.29 is 19.1 Å². The average molecular weight is 272 g/mol. The molecule has 5 nitrogen and oxygen atoms in total. The summed E-state index contributed by atoms with van der Waals surface area (Å²) in [7, 11) is 0. The second-order valence-corrected chi connectivity index (χ2v) is 3.91. The highest BCUT2D eigenvalue weighted by molar-refractivity contribution is 6.34. The molecule has 0 radical (unpaired) electrons. The highest BCUT2D eigenvalue weighted by Gasteiger charge is 2.22. The molecule has 0 aromatic heterocycles. The zero-order valence-corrected chi connectivity index (χ0v) is 10.9. The van der Waals surface area contributed by atoms with Gasteiger partial charge in [-0.3, -0.25) is 0 Å². The molecule has 98 valence electrons. The van der Waals surface area contributed by atoms with E-state index in [1.165, 1.54) is 19.1 Å². The number of hydrogen-bond acceptors (Lipinski definition) is 5. The third-order valence-electron chi connectivity index (χ3n) is 2.15. The Balaban J connectivity index is 2.80. The lowest BCUT2D eigenvalue weighted by Gasteiger charge is -2.13. The van der Waals surface area contributed by atoms with Crippen LogP contribution < -0.4 is 5.73 Å². The van der Waals surface area contributed by atoms with Crippen LogP contribution in [0.1, 0.15) is 24.2 Å². The van der Waals surface area contributed by atoms with Crippen LogP contribution in [0.25, 0.3) is 0 Å². The summed E-state index contributed by atoms with van der Waals surface area (Å²) in [4.78, 5) is 23.1. The summed E-state index contributed by atoms with van der Waals surface area (Å²) in [6.07, 6.45) is -1.01. The van der Waals surface area contributed by atoms with Crippen LogP contribution >= 0.6 is 11.6 Å². The van der Waals surface area contributed by atoms with Crippen molar-refractivity contribution in [3.8, 4) is 0 Å². The molecule has 1 unspecified atom stereocenters. The first-order chi connectivity index (χ1) is 8.47. The fraction of sp³-hybridized carbons (Fsp3) is 0.333. The van der Waals surface area contributed by atoms with E-state index in [0.717, 1.165) is 0 Å². The largest absolute Gasteiger partial charge is 0.463 e. The zero-order chi connectivity index (χ0) is 13.7. The molecule has 0 aliphatic rings. The minimum absolute atomic E-state index is 0.0512. The lowest BCUT2D eigenvalue weighted by Crippen LogP contribution is -2.26. The lowest BCUT2D eigenvalue weighted by atomic mass is 10.2. The molecule has 0 saturated carbocycles. The van der Waals surface area contributed by atoms with Crippen molar-refractivity contribution >= 4 is 29.2 Å². The number of anilines is 1. The van der Waals surface area contributed by atoms with E-state index in [-0.39, 0.29) is 22.9 Å². The first-order valence-corrected chi connectivity index (χ1v) is 5.76. The maximum Gasteiger partial charge on any atom is 0.347 e. The molecule has 0 spiro atoms. The molecule has 0 aliphatic heterocycles. The number of hydrogen-bond donors (Lipinski definition) is 1. The van der Waals surface area contributed by atoms with Crippen LogP contribution in [0.3, 0.4) is 0 Å². The smallest absolute Gasteiger partial charge is 0.347 e. The fourth-order valence-electron chi connectivity index (χ4n) is 1.28. The molecular weight excluding hydrogens is 258 g/mol. The van der Waals surface area contributed by atoms with Gasteiger partial charge in [-0.15, -0.1) is 0 Å². The van der Waals surface area contributed by atoms with Crippen LogP contribution in [-0.2, 0) is 14.3 Å². The molecule has 6 heteroatoms. The Morgan fingerprint density at radius 3 is 2.67 bits per heavy atom. The van der Waals surface area contributed by atoms with Gasteiger partial charge < -0.3 is 15.2 Å². The number of nitrogen functional groups attached to an aromatic ring is 1. The Morgan fingerprint density at radius 2 is 2.11 bits per heavy atom. The predicted octanol–water partition coefficient (Wildman–Crippen LogP) is 2.03. The number of esters is 2. The summed E-state index contributed by atoms with van der Waals surface area (Å²) < 4.78 is 9.65. The summed E-state index contributed by atoms with van der Waals surface area (Å²) in [5.74, 6) is -1.37. The van der Waals surface area contributed by atoms with E-state index >= 15 is 0 Å². The molecule has 2 N–H and O–H groups in total. The minimum Gasteiger partial charge on any atom is -0.463 e. The average Bonchev–Trinajstić information content (AvgIpc) is 2.28. The molecule has 0 heterocycles. The first kappa shape index (κ1) is 14.3. The first-order valence-electron chi connectivity index (χ1n) is 5.39. The van der Waals surface area contributed by atoms with Crippen LogP contribution in [0, 0.1) is 0 Å². The summed E-state index contributed by atoms with van der Waals surface area (Å²) in [6.45, 7) is 3.30. The molecule has 0 aliphatic carbocycles. The van der Waals surface area contributed by atoms with Crippen molar-refractivity contribution in [1.82, 2.24) is 0 Å². The van der Waals surface area contributed by atoms with Crippen LogP contribution in [0.15, 0.2) is 18.2 Å². The maximum atomic E-state index is 11.8. The number of ether oxygens (including phenoxy) is 2. The van der Waals surface area contributed by atoms with E-state index in [2.05, 4.69) is 0 Å². The van der Waals surface area contributed by atoms with Gasteiger partial charge in [0.05, 0.1) is 11.6 Å². The van der Waals surface area contributed by atoms with Crippen molar-refractivity contribution in [2.24, 2.45) is 0 Å². The Kier molecular flexibility index (Phi) is 4.97. The van der Waals surface area contributed by atoms with Crippen LogP contribution in [0.4, 0.5) is 5.69 Å². The lowest BCUT2D eigenvalue weighted by molar-refractivity contribution is -0.152. The summed E-state index contributed by atoms with van der Waals surface area (Å²) in [6, 6.07) is 4.66. The molecule has 1 atom stereocenters. The van der Waals surface area contributed by atoms with Gasteiger partial charge in [0.25, 0.3) is 0 Å². The van der Waals surface area contributed by atoms with Crippen molar-refractivity contribution in [3.05, 3.63) is 28.8 Å². The molecule has 18 heavy (non-hydrogen) atoms. The van der Waals surface area contributed by atoms with Gasteiger partial charge in [-0.2, -0.15) is 0 Å². The molecule has 1 aromatic carbocycles. The van der Waals surface area contributed by atoms with Crippen molar-refractivity contribution in [1.29, 1.82) is 0 Å². The number of carbonyl (C=O) groups is 2. The molecule has 1 rings (SSSR count). The second kappa shape index (κ2) is 6.26. The molecule has 0 amide bonds. The Bertz CT molecular complexity index is 441. The van der Waals surface area contributed by atoms with E-state index < -0.39 is 18.0 Å². The SMILES string of the molecule is CCOC(=O)C(C)OC(=O)c1c(N)cccc1Cl. The Hall–Kier alpha value is -1.75. The molecule has 0 bridgehead atoms. The maximum absolute atomic E-state index is 11.8. The van der Waals surface area contributed by atoms with Gasteiger partial charge in [-0.25, -0.2) is 9.59 Å². The van der Waals surface area contributed by atoms with Gasteiger partial charge >= 0.3 is 11.9 Å². The van der Waals surface area contributed by atoms with Gasteiger partial charge in [0.15, 0.2) is 6.10 Å².